The molecule has 2 N–H and O–H groups in total. The van der Waals surface area contributed by atoms with Gasteiger partial charge in [-0.15, -0.1) is 0 Å². The van der Waals surface area contributed by atoms with Crippen molar-refractivity contribution in [3.63, 3.8) is 0 Å². The number of carbonyl (C=O) groups is 1. The van der Waals surface area contributed by atoms with E-state index in [0.29, 0.717) is 28.8 Å². The smallest absolute Gasteiger partial charge is 0.262 e. The van der Waals surface area contributed by atoms with E-state index in [1.54, 1.807) is 13.2 Å². The fraction of sp³-hybridized carbons (Fsp3) is 0.208. The van der Waals surface area contributed by atoms with Crippen molar-refractivity contribution in [2.45, 2.75) is 13.5 Å². The average Bonchev–Trinajstić information content (AvgIpc) is 2.77. The van der Waals surface area contributed by atoms with Gasteiger partial charge in [0, 0.05) is 17.9 Å². The van der Waals surface area contributed by atoms with E-state index >= 15 is 0 Å². The molecule has 0 saturated carbocycles. The lowest BCUT2D eigenvalue weighted by atomic mass is 10.2. The molecule has 0 aromatic heterocycles. The number of hydrogen-bond donors (Lipinski definition) is 2. The Balaban J connectivity index is 1.62. The molecular weight excluding hydrogens is 416 g/mol. The molecule has 1 amide bonds. The molecule has 0 aliphatic heterocycles. The van der Waals surface area contributed by atoms with E-state index in [9.17, 15) is 4.79 Å². The Labute approximate surface area is 187 Å². The largest absolute Gasteiger partial charge is 0.497 e. The van der Waals surface area contributed by atoms with Crippen LogP contribution in [0.3, 0.4) is 0 Å². The molecule has 3 rings (SSSR count). The van der Waals surface area contributed by atoms with Crippen LogP contribution in [-0.4, -0.2) is 26.7 Å². The summed E-state index contributed by atoms with van der Waals surface area (Å²) in [6.07, 6.45) is 0. The molecule has 0 atom stereocenters. The van der Waals surface area contributed by atoms with Crippen molar-refractivity contribution in [2.75, 3.05) is 31.5 Å². The number of nitrogens with one attached hydrogen (secondary N) is 2. The second kappa shape index (κ2) is 10.6. The monoisotopic (exact) mass is 440 g/mol. The van der Waals surface area contributed by atoms with Gasteiger partial charge in [0.05, 0.1) is 19.2 Å². The maximum atomic E-state index is 12.2. The van der Waals surface area contributed by atoms with Crippen molar-refractivity contribution in [1.82, 2.24) is 0 Å². The lowest BCUT2D eigenvalue weighted by molar-refractivity contribution is -0.118. The van der Waals surface area contributed by atoms with Gasteiger partial charge in [-0.2, -0.15) is 0 Å². The predicted molar refractivity (Wildman–Crippen MR) is 124 cm³/mol. The first-order valence-corrected chi connectivity index (χ1v) is 10.1. The van der Waals surface area contributed by atoms with E-state index in [4.69, 9.17) is 25.8 Å². The first kappa shape index (κ1) is 22.3. The van der Waals surface area contributed by atoms with Crippen LogP contribution in [-0.2, 0) is 11.3 Å². The normalized spacial score (nSPS) is 10.3. The van der Waals surface area contributed by atoms with E-state index in [2.05, 4.69) is 10.6 Å². The summed E-state index contributed by atoms with van der Waals surface area (Å²) < 4.78 is 16.3. The second-order valence-corrected chi connectivity index (χ2v) is 7.30. The van der Waals surface area contributed by atoms with Crippen LogP contribution in [0.5, 0.6) is 17.2 Å². The van der Waals surface area contributed by atoms with Crippen molar-refractivity contribution < 1.29 is 19.0 Å². The van der Waals surface area contributed by atoms with Crippen molar-refractivity contribution >= 4 is 28.9 Å². The van der Waals surface area contributed by atoms with E-state index in [0.717, 1.165) is 22.6 Å². The third-order valence-corrected chi connectivity index (χ3v) is 4.81. The molecule has 31 heavy (non-hydrogen) atoms. The van der Waals surface area contributed by atoms with Crippen LogP contribution in [0.2, 0.25) is 5.02 Å². The van der Waals surface area contributed by atoms with Crippen molar-refractivity contribution in [3.05, 3.63) is 76.8 Å². The Morgan fingerprint density at radius 3 is 2.42 bits per heavy atom. The molecule has 162 valence electrons. The molecule has 0 spiro atoms. The molecule has 0 heterocycles. The average molecular weight is 441 g/mol. The van der Waals surface area contributed by atoms with Crippen LogP contribution >= 0.6 is 11.6 Å². The van der Waals surface area contributed by atoms with Gasteiger partial charge in [-0.1, -0.05) is 23.7 Å². The third kappa shape index (κ3) is 6.30. The zero-order chi connectivity index (χ0) is 22.2. The Bertz CT molecular complexity index is 1040. The summed E-state index contributed by atoms with van der Waals surface area (Å²) in [7, 11) is 3.17. The summed E-state index contributed by atoms with van der Waals surface area (Å²) in [4.78, 5) is 12.2. The van der Waals surface area contributed by atoms with Gasteiger partial charge in [0.1, 0.15) is 5.75 Å². The number of halogens is 1. The minimum Gasteiger partial charge on any atom is -0.497 e. The molecule has 0 aliphatic carbocycles. The highest BCUT2D eigenvalue weighted by Crippen LogP contribution is 2.36. The summed E-state index contributed by atoms with van der Waals surface area (Å²) >= 11 is 6.42. The van der Waals surface area contributed by atoms with Crippen LogP contribution in [0.15, 0.2) is 60.7 Å². The maximum absolute atomic E-state index is 12.2. The van der Waals surface area contributed by atoms with Crippen LogP contribution < -0.4 is 24.8 Å². The van der Waals surface area contributed by atoms with Crippen molar-refractivity contribution in [2.24, 2.45) is 0 Å². The van der Waals surface area contributed by atoms with Crippen molar-refractivity contribution in [3.8, 4) is 17.2 Å². The van der Waals surface area contributed by atoms with Gasteiger partial charge in [-0.25, -0.2) is 0 Å². The third-order valence-electron chi connectivity index (χ3n) is 4.53. The van der Waals surface area contributed by atoms with E-state index in [1.165, 1.54) is 7.11 Å². The molecule has 3 aromatic carbocycles. The number of aryl methyl sites for hydroxylation is 1. The zero-order valence-corrected chi connectivity index (χ0v) is 18.5. The number of amides is 1. The van der Waals surface area contributed by atoms with E-state index < -0.39 is 0 Å². The number of ether oxygens (including phenoxy) is 3. The highest BCUT2D eigenvalue weighted by molar-refractivity contribution is 6.32. The Hall–Kier alpha value is -3.38. The van der Waals surface area contributed by atoms with E-state index in [1.807, 2.05) is 61.5 Å². The molecule has 0 saturated heterocycles. The lowest BCUT2D eigenvalue weighted by Crippen LogP contribution is -2.20. The zero-order valence-electron chi connectivity index (χ0n) is 17.7. The molecule has 0 bridgehead atoms. The van der Waals surface area contributed by atoms with Crippen LogP contribution in [0.4, 0.5) is 11.4 Å². The van der Waals surface area contributed by atoms with E-state index in [-0.39, 0.29) is 12.5 Å². The van der Waals surface area contributed by atoms with Crippen LogP contribution in [0.25, 0.3) is 0 Å². The Morgan fingerprint density at radius 2 is 1.74 bits per heavy atom. The van der Waals surface area contributed by atoms with Gasteiger partial charge in [-0.05, 0) is 66.6 Å². The highest BCUT2D eigenvalue weighted by Gasteiger charge is 2.14. The molecular formula is C24H25ClN2O4. The predicted octanol–water partition coefficient (Wildman–Crippen LogP) is 5.30. The molecule has 3 aromatic rings. The summed E-state index contributed by atoms with van der Waals surface area (Å²) in [5.41, 5.74) is 3.63. The minimum atomic E-state index is -0.283. The number of carbonyl (C=O) groups excluding carboxylic acids is 1. The fourth-order valence-corrected chi connectivity index (χ4v) is 3.27. The topological polar surface area (TPSA) is 68.8 Å². The van der Waals surface area contributed by atoms with Gasteiger partial charge in [0.2, 0.25) is 0 Å². The number of methoxy groups -OCH3 is 2. The highest BCUT2D eigenvalue weighted by atomic mass is 35.5. The van der Waals surface area contributed by atoms with Gasteiger partial charge >= 0.3 is 0 Å². The van der Waals surface area contributed by atoms with Gasteiger partial charge < -0.3 is 24.8 Å². The minimum absolute atomic E-state index is 0.187. The molecule has 6 nitrogen and oxygen atoms in total. The van der Waals surface area contributed by atoms with Gasteiger partial charge in [0.15, 0.2) is 18.1 Å². The van der Waals surface area contributed by atoms with Gasteiger partial charge in [-0.3, -0.25) is 4.79 Å². The molecule has 0 fully saturated rings. The summed E-state index contributed by atoms with van der Waals surface area (Å²) in [6.45, 7) is 2.31. The molecule has 0 unspecified atom stereocenters. The van der Waals surface area contributed by atoms with Crippen molar-refractivity contribution in [1.29, 1.82) is 0 Å². The first-order chi connectivity index (χ1) is 15.0. The first-order valence-electron chi connectivity index (χ1n) is 9.72. The standard InChI is InChI=1S/C24H25ClN2O4/c1-16-5-4-6-19(11-16)27-23(28)15-31-24-21(25)12-17(13-22(24)30-3)14-26-18-7-9-20(29-2)10-8-18/h4-13,26H,14-15H2,1-3H3,(H,27,28). The maximum Gasteiger partial charge on any atom is 0.262 e. The molecule has 7 heteroatoms. The Morgan fingerprint density at radius 1 is 0.968 bits per heavy atom. The molecule has 0 aliphatic rings. The molecule has 0 radical (unpaired) electrons. The van der Waals surface area contributed by atoms with Crippen LogP contribution in [0.1, 0.15) is 11.1 Å². The lowest BCUT2D eigenvalue weighted by Gasteiger charge is -2.15. The van der Waals surface area contributed by atoms with Gasteiger partial charge in [0.25, 0.3) is 5.91 Å². The van der Waals surface area contributed by atoms with Crippen LogP contribution in [0, 0.1) is 6.92 Å². The number of benzene rings is 3. The Kier molecular flexibility index (Phi) is 7.62. The number of anilines is 2. The second-order valence-electron chi connectivity index (χ2n) is 6.90. The number of hydrogen-bond acceptors (Lipinski definition) is 5. The quantitative estimate of drug-likeness (QED) is 0.472. The SMILES string of the molecule is COc1ccc(NCc2cc(Cl)c(OCC(=O)Nc3cccc(C)c3)c(OC)c2)cc1. The summed E-state index contributed by atoms with van der Waals surface area (Å²) in [6, 6.07) is 18.8. The summed E-state index contributed by atoms with van der Waals surface area (Å²) in [5, 5.41) is 6.49. The number of rotatable bonds is 9. The summed E-state index contributed by atoms with van der Waals surface area (Å²) in [5.74, 6) is 1.30. The fourth-order valence-electron chi connectivity index (χ4n) is 2.99.